The molecular formula is C20H37IN6. The summed E-state index contributed by atoms with van der Waals surface area (Å²) >= 11 is 0. The second kappa shape index (κ2) is 14.0. The number of aliphatic imine (C=N–C) groups is 1. The molecule has 0 aromatic carbocycles. The minimum absolute atomic E-state index is 0. The number of likely N-dealkylation sites (N-methyl/N-ethyl adjacent to an activating group) is 1. The van der Waals surface area contributed by atoms with Gasteiger partial charge in [-0.15, -0.1) is 24.0 Å². The fraction of sp³-hybridized carbons (Fsp3) is 0.700. The first-order chi connectivity index (χ1) is 12.7. The van der Waals surface area contributed by atoms with E-state index >= 15 is 0 Å². The zero-order valence-corrected chi connectivity index (χ0v) is 19.5. The molecule has 0 spiro atoms. The molecule has 7 heteroatoms. The number of halogens is 1. The Hall–Kier alpha value is -1.09. The summed E-state index contributed by atoms with van der Waals surface area (Å²) < 4.78 is 0. The van der Waals surface area contributed by atoms with Gasteiger partial charge in [-0.25, -0.2) is 4.98 Å². The minimum Gasteiger partial charge on any atom is -0.357 e. The fourth-order valence-corrected chi connectivity index (χ4v) is 3.18. The van der Waals surface area contributed by atoms with E-state index in [0.717, 1.165) is 63.9 Å². The number of pyridine rings is 1. The van der Waals surface area contributed by atoms with Gasteiger partial charge in [0.1, 0.15) is 5.82 Å². The topological polar surface area (TPSA) is 55.8 Å². The molecule has 0 bridgehead atoms. The third kappa shape index (κ3) is 9.10. The van der Waals surface area contributed by atoms with Crippen LogP contribution >= 0.6 is 24.0 Å². The van der Waals surface area contributed by atoms with Crippen LogP contribution in [0.2, 0.25) is 0 Å². The molecule has 27 heavy (non-hydrogen) atoms. The van der Waals surface area contributed by atoms with Gasteiger partial charge in [0.05, 0.1) is 6.54 Å². The van der Waals surface area contributed by atoms with Crippen LogP contribution in [0.1, 0.15) is 39.5 Å². The summed E-state index contributed by atoms with van der Waals surface area (Å²) in [7, 11) is 2.18. The summed E-state index contributed by atoms with van der Waals surface area (Å²) in [5, 5.41) is 7.00. The van der Waals surface area contributed by atoms with Crippen LogP contribution in [0.4, 0.5) is 5.82 Å². The first kappa shape index (κ1) is 23.9. The van der Waals surface area contributed by atoms with Crippen molar-refractivity contribution in [2.24, 2.45) is 4.99 Å². The largest absolute Gasteiger partial charge is 0.357 e. The highest BCUT2D eigenvalue weighted by molar-refractivity contribution is 14.0. The van der Waals surface area contributed by atoms with E-state index in [1.807, 2.05) is 12.3 Å². The van der Waals surface area contributed by atoms with E-state index < -0.39 is 0 Å². The standard InChI is InChI=1S/C20H36N6.HI/c1-4-6-14-25(3)17-13-23-20(21-5-2)24-18-10-15-26(16-11-18)19-9-7-8-12-22-19;/h7-9,12,18H,4-6,10-11,13-17H2,1-3H3,(H2,21,23,24);1H. The normalized spacial score (nSPS) is 15.6. The van der Waals surface area contributed by atoms with Crippen molar-refractivity contribution in [2.75, 3.05) is 51.2 Å². The van der Waals surface area contributed by atoms with E-state index in [9.17, 15) is 0 Å². The maximum atomic E-state index is 4.76. The number of rotatable bonds is 9. The van der Waals surface area contributed by atoms with Crippen LogP contribution in [0.3, 0.4) is 0 Å². The van der Waals surface area contributed by atoms with E-state index in [-0.39, 0.29) is 24.0 Å². The highest BCUT2D eigenvalue weighted by Crippen LogP contribution is 2.17. The number of unbranched alkanes of at least 4 members (excludes halogenated alkanes) is 1. The molecule has 0 radical (unpaired) electrons. The SMILES string of the molecule is CCCCN(C)CCN=C(NCC)NC1CCN(c2ccccn2)CC1.I. The van der Waals surface area contributed by atoms with Gasteiger partial charge < -0.3 is 20.4 Å². The quantitative estimate of drug-likeness (QED) is 0.318. The van der Waals surface area contributed by atoms with E-state index in [4.69, 9.17) is 4.99 Å². The number of nitrogens with zero attached hydrogens (tertiary/aromatic N) is 4. The van der Waals surface area contributed by atoms with Crippen molar-refractivity contribution >= 4 is 35.8 Å². The van der Waals surface area contributed by atoms with Crippen molar-refractivity contribution in [1.82, 2.24) is 20.5 Å². The molecule has 6 nitrogen and oxygen atoms in total. The Morgan fingerprint density at radius 3 is 2.67 bits per heavy atom. The molecule has 0 aliphatic carbocycles. The first-order valence-corrected chi connectivity index (χ1v) is 10.1. The van der Waals surface area contributed by atoms with Crippen LogP contribution in [0, 0.1) is 0 Å². The van der Waals surface area contributed by atoms with Gasteiger partial charge in [0.2, 0.25) is 0 Å². The number of aromatic nitrogens is 1. The fourth-order valence-electron chi connectivity index (χ4n) is 3.18. The Labute approximate surface area is 182 Å². The Kier molecular flexibility index (Phi) is 12.4. The lowest BCUT2D eigenvalue weighted by molar-refractivity contribution is 0.337. The molecule has 1 aromatic rings. The zero-order chi connectivity index (χ0) is 18.6. The number of nitrogens with one attached hydrogen (secondary N) is 2. The van der Waals surface area contributed by atoms with Gasteiger partial charge in [-0.3, -0.25) is 4.99 Å². The molecule has 154 valence electrons. The molecule has 0 unspecified atom stereocenters. The van der Waals surface area contributed by atoms with E-state index in [1.54, 1.807) is 0 Å². The monoisotopic (exact) mass is 488 g/mol. The average molecular weight is 488 g/mol. The van der Waals surface area contributed by atoms with Crippen LogP contribution in [-0.4, -0.2) is 68.2 Å². The summed E-state index contributed by atoms with van der Waals surface area (Å²) in [6, 6.07) is 6.59. The summed E-state index contributed by atoms with van der Waals surface area (Å²) in [5.74, 6) is 2.04. The third-order valence-corrected chi connectivity index (χ3v) is 4.80. The lowest BCUT2D eigenvalue weighted by Gasteiger charge is -2.33. The number of hydrogen-bond donors (Lipinski definition) is 2. The molecule has 0 atom stereocenters. The number of anilines is 1. The molecule has 1 aromatic heterocycles. The van der Waals surface area contributed by atoms with Gasteiger partial charge in [-0.2, -0.15) is 0 Å². The van der Waals surface area contributed by atoms with Crippen LogP contribution in [0.15, 0.2) is 29.4 Å². The molecule has 1 aliphatic rings. The van der Waals surface area contributed by atoms with Crippen molar-refractivity contribution in [2.45, 2.75) is 45.6 Å². The average Bonchev–Trinajstić information content (AvgIpc) is 2.68. The summed E-state index contributed by atoms with van der Waals surface area (Å²) in [6.07, 6.45) is 6.59. The highest BCUT2D eigenvalue weighted by Gasteiger charge is 2.20. The zero-order valence-electron chi connectivity index (χ0n) is 17.2. The Balaban J connectivity index is 0.00000364. The van der Waals surface area contributed by atoms with Gasteiger partial charge >= 0.3 is 0 Å². The van der Waals surface area contributed by atoms with Gasteiger partial charge in [-0.1, -0.05) is 19.4 Å². The van der Waals surface area contributed by atoms with E-state index in [0.29, 0.717) is 6.04 Å². The molecule has 2 rings (SSSR count). The molecule has 2 N–H and O–H groups in total. The summed E-state index contributed by atoms with van der Waals surface area (Å²) in [4.78, 5) is 13.9. The van der Waals surface area contributed by atoms with Crippen LogP contribution < -0.4 is 15.5 Å². The van der Waals surface area contributed by atoms with Crippen molar-refractivity contribution in [1.29, 1.82) is 0 Å². The Morgan fingerprint density at radius 1 is 1.26 bits per heavy atom. The predicted octanol–water partition coefficient (Wildman–Crippen LogP) is 2.96. The number of hydrogen-bond acceptors (Lipinski definition) is 4. The third-order valence-electron chi connectivity index (χ3n) is 4.80. The second-order valence-electron chi connectivity index (χ2n) is 7.01. The molecular weight excluding hydrogens is 451 g/mol. The second-order valence-corrected chi connectivity index (χ2v) is 7.01. The molecule has 0 amide bonds. The first-order valence-electron chi connectivity index (χ1n) is 10.1. The summed E-state index contributed by atoms with van der Waals surface area (Å²) in [5.41, 5.74) is 0. The highest BCUT2D eigenvalue weighted by atomic mass is 127. The van der Waals surface area contributed by atoms with Gasteiger partial charge in [0.25, 0.3) is 0 Å². The van der Waals surface area contributed by atoms with Crippen molar-refractivity contribution in [3.05, 3.63) is 24.4 Å². The number of guanidine groups is 1. The van der Waals surface area contributed by atoms with Crippen molar-refractivity contribution < 1.29 is 0 Å². The molecule has 2 heterocycles. The van der Waals surface area contributed by atoms with Gasteiger partial charge in [-0.05, 0) is 51.9 Å². The Morgan fingerprint density at radius 2 is 2.04 bits per heavy atom. The summed E-state index contributed by atoms with van der Waals surface area (Å²) in [6.45, 7) is 10.3. The van der Waals surface area contributed by atoms with Crippen LogP contribution in [0.5, 0.6) is 0 Å². The molecule has 1 aliphatic heterocycles. The van der Waals surface area contributed by atoms with Crippen LogP contribution in [0.25, 0.3) is 0 Å². The predicted molar refractivity (Wildman–Crippen MR) is 126 cm³/mol. The van der Waals surface area contributed by atoms with E-state index in [2.05, 4.69) is 58.4 Å². The minimum atomic E-state index is 0. The lowest BCUT2D eigenvalue weighted by Crippen LogP contribution is -2.49. The van der Waals surface area contributed by atoms with Crippen molar-refractivity contribution in [3.63, 3.8) is 0 Å². The molecule has 1 fully saturated rings. The van der Waals surface area contributed by atoms with Gasteiger partial charge in [0.15, 0.2) is 5.96 Å². The van der Waals surface area contributed by atoms with Crippen molar-refractivity contribution in [3.8, 4) is 0 Å². The maximum absolute atomic E-state index is 4.76. The molecule has 1 saturated heterocycles. The Bertz CT molecular complexity index is 516. The smallest absolute Gasteiger partial charge is 0.191 e. The maximum Gasteiger partial charge on any atom is 0.191 e. The van der Waals surface area contributed by atoms with Gasteiger partial charge in [0, 0.05) is 38.4 Å². The lowest BCUT2D eigenvalue weighted by atomic mass is 10.1. The van der Waals surface area contributed by atoms with E-state index in [1.165, 1.54) is 12.8 Å². The number of piperidine rings is 1. The van der Waals surface area contributed by atoms with Crippen LogP contribution in [-0.2, 0) is 0 Å². The molecule has 0 saturated carbocycles.